The number of esters is 1. The molecule has 0 saturated heterocycles. The van der Waals surface area contributed by atoms with Gasteiger partial charge >= 0.3 is 5.97 Å². The third-order valence-electron chi connectivity index (χ3n) is 5.49. The van der Waals surface area contributed by atoms with E-state index in [0.717, 1.165) is 18.5 Å². The fraction of sp³-hybridized carbons (Fsp3) is 0.692. The first-order chi connectivity index (χ1) is 14.3. The van der Waals surface area contributed by atoms with E-state index in [1.165, 1.54) is 102 Å². The molecule has 164 valence electrons. The predicted octanol–water partition coefficient (Wildman–Crippen LogP) is 7.98. The summed E-state index contributed by atoms with van der Waals surface area (Å²) in [5, 5.41) is 0. The number of aryl methyl sites for hydroxylation is 1. The van der Waals surface area contributed by atoms with Crippen molar-refractivity contribution in [2.75, 3.05) is 0 Å². The maximum absolute atomic E-state index is 11.4. The molecule has 0 radical (unpaired) electrons. The summed E-state index contributed by atoms with van der Waals surface area (Å²) in [7, 11) is 0. The molecule has 0 atom stereocenters. The first-order valence-corrected chi connectivity index (χ1v) is 12.1. The van der Waals surface area contributed by atoms with E-state index >= 15 is 0 Å². The van der Waals surface area contributed by atoms with Gasteiger partial charge in [0.15, 0.2) is 5.75 Å². The molecule has 0 aromatic carbocycles. The van der Waals surface area contributed by atoms with Gasteiger partial charge in [0.1, 0.15) is 0 Å². The number of rotatable bonds is 19. The molecule has 29 heavy (non-hydrogen) atoms. The monoisotopic (exact) mass is 401 g/mol. The van der Waals surface area contributed by atoms with E-state index < -0.39 is 5.97 Å². The first-order valence-electron chi connectivity index (χ1n) is 12.1. The molecule has 3 heteroatoms. The summed E-state index contributed by atoms with van der Waals surface area (Å²) in [6.45, 7) is 5.72. The minimum absolute atomic E-state index is 0.425. The number of unbranched alkanes of at least 4 members (excludes halogenated alkanes) is 15. The van der Waals surface area contributed by atoms with E-state index in [0.29, 0.717) is 5.75 Å². The van der Waals surface area contributed by atoms with Crippen molar-refractivity contribution in [1.29, 1.82) is 0 Å². The summed E-state index contributed by atoms with van der Waals surface area (Å²) in [6, 6.07) is 3.60. The Kier molecular flexibility index (Phi) is 16.1. The van der Waals surface area contributed by atoms with Crippen LogP contribution in [0.5, 0.6) is 5.75 Å². The lowest BCUT2D eigenvalue weighted by Gasteiger charge is -2.07. The van der Waals surface area contributed by atoms with Gasteiger partial charge in [0.05, 0.1) is 5.69 Å². The van der Waals surface area contributed by atoms with Crippen LogP contribution in [0.2, 0.25) is 0 Å². The Morgan fingerprint density at radius 2 is 1.34 bits per heavy atom. The average Bonchev–Trinajstić information content (AvgIpc) is 2.74. The number of hydrogen-bond donors (Lipinski definition) is 0. The smallest absolute Gasteiger partial charge is 0.335 e. The quantitative estimate of drug-likeness (QED) is 0.134. The molecule has 1 rings (SSSR count). The molecule has 0 unspecified atom stereocenters. The molecule has 1 aromatic heterocycles. The molecule has 0 spiro atoms. The minimum Gasteiger partial charge on any atom is -0.421 e. The Labute approximate surface area is 179 Å². The largest absolute Gasteiger partial charge is 0.421 e. The minimum atomic E-state index is -0.425. The fourth-order valence-electron chi connectivity index (χ4n) is 3.69. The van der Waals surface area contributed by atoms with E-state index in [1.807, 2.05) is 0 Å². The van der Waals surface area contributed by atoms with E-state index in [9.17, 15) is 4.79 Å². The van der Waals surface area contributed by atoms with Crippen molar-refractivity contribution in [2.45, 2.75) is 116 Å². The third-order valence-corrected chi connectivity index (χ3v) is 5.49. The number of nitrogens with zero attached hydrogens (tertiary/aromatic N) is 1. The van der Waals surface area contributed by atoms with Gasteiger partial charge in [0, 0.05) is 12.3 Å². The standard InChI is InChI=1S/C26H43NO2/c1-3-5-6-7-8-9-10-11-12-13-14-15-16-17-18-19-21-24-25(22-20-23-27-24)29-26(28)4-2/h4,20,22-23H,2-3,5-19,21H2,1H3. The molecular weight excluding hydrogens is 358 g/mol. The van der Waals surface area contributed by atoms with Crippen LogP contribution in [0.3, 0.4) is 0 Å². The van der Waals surface area contributed by atoms with Crippen LogP contribution in [0.25, 0.3) is 0 Å². The Balaban J connectivity index is 1.92. The Morgan fingerprint density at radius 3 is 1.83 bits per heavy atom. The molecule has 0 saturated carbocycles. The molecule has 0 N–H and O–H groups in total. The second-order valence-corrected chi connectivity index (χ2v) is 8.13. The van der Waals surface area contributed by atoms with Crippen molar-refractivity contribution in [3.63, 3.8) is 0 Å². The zero-order chi connectivity index (χ0) is 21.0. The van der Waals surface area contributed by atoms with Gasteiger partial charge in [-0.05, 0) is 25.0 Å². The fourth-order valence-corrected chi connectivity index (χ4v) is 3.69. The van der Waals surface area contributed by atoms with Crippen LogP contribution < -0.4 is 4.74 Å². The maximum atomic E-state index is 11.4. The predicted molar refractivity (Wildman–Crippen MR) is 123 cm³/mol. The summed E-state index contributed by atoms with van der Waals surface area (Å²) in [5.41, 5.74) is 0.869. The molecule has 0 aliphatic carbocycles. The van der Waals surface area contributed by atoms with Crippen molar-refractivity contribution in [2.24, 2.45) is 0 Å². The Bertz CT molecular complexity index is 541. The van der Waals surface area contributed by atoms with Crippen LogP contribution in [-0.2, 0) is 11.2 Å². The lowest BCUT2D eigenvalue weighted by molar-refractivity contribution is -0.129. The third kappa shape index (κ3) is 14.1. The summed E-state index contributed by atoms with van der Waals surface area (Å²) < 4.78 is 5.25. The summed E-state index contributed by atoms with van der Waals surface area (Å²) in [4.78, 5) is 15.8. The van der Waals surface area contributed by atoms with Crippen LogP contribution in [0, 0.1) is 0 Å². The number of carbonyl (C=O) groups is 1. The van der Waals surface area contributed by atoms with Gasteiger partial charge in [-0.3, -0.25) is 4.98 Å². The molecule has 3 nitrogen and oxygen atoms in total. The van der Waals surface area contributed by atoms with E-state index in [-0.39, 0.29) is 0 Å². The highest BCUT2D eigenvalue weighted by molar-refractivity contribution is 5.83. The number of ether oxygens (including phenoxy) is 1. The Hall–Kier alpha value is -1.64. The van der Waals surface area contributed by atoms with Crippen molar-refractivity contribution >= 4 is 5.97 Å². The molecule has 1 aromatic rings. The normalized spacial score (nSPS) is 10.8. The highest BCUT2D eigenvalue weighted by atomic mass is 16.5. The number of aromatic nitrogens is 1. The maximum Gasteiger partial charge on any atom is 0.335 e. The van der Waals surface area contributed by atoms with E-state index in [4.69, 9.17) is 4.74 Å². The van der Waals surface area contributed by atoms with Crippen LogP contribution in [-0.4, -0.2) is 11.0 Å². The molecular formula is C26H43NO2. The first kappa shape index (κ1) is 25.4. The summed E-state index contributed by atoms with van der Waals surface area (Å²) in [6.07, 6.45) is 25.7. The molecule has 0 amide bonds. The van der Waals surface area contributed by atoms with Crippen molar-refractivity contribution < 1.29 is 9.53 Å². The van der Waals surface area contributed by atoms with Gasteiger partial charge in [0.25, 0.3) is 0 Å². The molecule has 1 heterocycles. The van der Waals surface area contributed by atoms with Crippen LogP contribution >= 0.6 is 0 Å². The van der Waals surface area contributed by atoms with Crippen molar-refractivity contribution in [3.05, 3.63) is 36.7 Å². The topological polar surface area (TPSA) is 39.2 Å². The van der Waals surface area contributed by atoms with Gasteiger partial charge in [0.2, 0.25) is 0 Å². The summed E-state index contributed by atoms with van der Waals surface area (Å²) >= 11 is 0. The highest BCUT2D eigenvalue weighted by Crippen LogP contribution is 2.19. The van der Waals surface area contributed by atoms with Gasteiger partial charge in [-0.25, -0.2) is 4.79 Å². The lowest BCUT2D eigenvalue weighted by Crippen LogP contribution is -2.06. The van der Waals surface area contributed by atoms with Crippen LogP contribution in [0.15, 0.2) is 31.0 Å². The highest BCUT2D eigenvalue weighted by Gasteiger charge is 2.07. The molecule has 0 fully saturated rings. The van der Waals surface area contributed by atoms with Crippen molar-refractivity contribution in [1.82, 2.24) is 4.98 Å². The second kappa shape index (κ2) is 18.4. The number of pyridine rings is 1. The second-order valence-electron chi connectivity index (χ2n) is 8.13. The molecule has 0 bridgehead atoms. The SMILES string of the molecule is C=CC(=O)Oc1cccnc1CCCCCCCCCCCCCCCCCC. The molecule has 0 aliphatic rings. The van der Waals surface area contributed by atoms with E-state index in [1.54, 1.807) is 18.3 Å². The zero-order valence-electron chi connectivity index (χ0n) is 18.8. The van der Waals surface area contributed by atoms with Crippen molar-refractivity contribution in [3.8, 4) is 5.75 Å². The summed E-state index contributed by atoms with van der Waals surface area (Å²) in [5.74, 6) is 0.143. The van der Waals surface area contributed by atoms with Gasteiger partial charge in [-0.2, -0.15) is 0 Å². The van der Waals surface area contributed by atoms with Gasteiger partial charge < -0.3 is 4.74 Å². The van der Waals surface area contributed by atoms with Crippen LogP contribution in [0.4, 0.5) is 0 Å². The molecule has 0 aliphatic heterocycles. The van der Waals surface area contributed by atoms with Crippen LogP contribution in [0.1, 0.15) is 115 Å². The van der Waals surface area contributed by atoms with Gasteiger partial charge in [-0.15, -0.1) is 0 Å². The zero-order valence-corrected chi connectivity index (χ0v) is 18.8. The van der Waals surface area contributed by atoms with Gasteiger partial charge in [-0.1, -0.05) is 110 Å². The number of carbonyl (C=O) groups excluding carboxylic acids is 1. The lowest BCUT2D eigenvalue weighted by atomic mass is 10.0. The number of hydrogen-bond acceptors (Lipinski definition) is 3. The average molecular weight is 402 g/mol. The van der Waals surface area contributed by atoms with E-state index in [2.05, 4.69) is 18.5 Å². The Morgan fingerprint density at radius 1 is 0.862 bits per heavy atom.